The van der Waals surface area contributed by atoms with Gasteiger partial charge in [0.1, 0.15) is 5.82 Å². The molecule has 1 amide bonds. The molecule has 2 aromatic carbocycles. The summed E-state index contributed by atoms with van der Waals surface area (Å²) in [6.45, 7) is 1.46. The van der Waals surface area contributed by atoms with Crippen LogP contribution in [0.1, 0.15) is 15.9 Å². The van der Waals surface area contributed by atoms with Gasteiger partial charge < -0.3 is 10.1 Å². The number of ether oxygens (including phenoxy) is 1. The highest BCUT2D eigenvalue weighted by molar-refractivity contribution is 9.11. The highest BCUT2D eigenvalue weighted by Crippen LogP contribution is 2.23. The lowest BCUT2D eigenvalue weighted by molar-refractivity contribution is -0.119. The van der Waals surface area contributed by atoms with E-state index < -0.39 is 24.3 Å². The maximum atomic E-state index is 13.2. The van der Waals surface area contributed by atoms with Crippen LogP contribution < -0.4 is 5.32 Å². The number of carbonyl (C=O) groups is 2. The Balaban J connectivity index is 1.96. The molecule has 1 N–H and O–H groups in total. The van der Waals surface area contributed by atoms with Crippen LogP contribution in [0.2, 0.25) is 0 Å². The van der Waals surface area contributed by atoms with Crippen molar-refractivity contribution in [2.45, 2.75) is 6.92 Å². The van der Waals surface area contributed by atoms with Gasteiger partial charge in [0.2, 0.25) is 0 Å². The van der Waals surface area contributed by atoms with Gasteiger partial charge >= 0.3 is 5.97 Å². The zero-order valence-electron chi connectivity index (χ0n) is 12.0. The molecule has 0 unspecified atom stereocenters. The van der Waals surface area contributed by atoms with E-state index in [0.717, 1.165) is 16.1 Å². The molecule has 0 radical (unpaired) electrons. The molecule has 0 spiro atoms. The molecule has 0 aromatic heterocycles. The van der Waals surface area contributed by atoms with Crippen LogP contribution in [0.3, 0.4) is 0 Å². The van der Waals surface area contributed by atoms with E-state index in [-0.39, 0.29) is 5.56 Å². The number of hydrogen-bond acceptors (Lipinski definition) is 3. The van der Waals surface area contributed by atoms with Gasteiger partial charge in [-0.2, -0.15) is 0 Å². The van der Waals surface area contributed by atoms with E-state index in [1.807, 2.05) is 19.1 Å². The lowest BCUT2D eigenvalue weighted by Gasteiger charge is -2.09. The van der Waals surface area contributed by atoms with Crippen molar-refractivity contribution in [3.63, 3.8) is 0 Å². The van der Waals surface area contributed by atoms with Crippen molar-refractivity contribution in [1.29, 1.82) is 0 Å². The van der Waals surface area contributed by atoms with Gasteiger partial charge in [-0.1, -0.05) is 6.07 Å². The van der Waals surface area contributed by atoms with E-state index in [1.54, 1.807) is 6.07 Å². The average Bonchev–Trinajstić information content (AvgIpc) is 2.50. The van der Waals surface area contributed by atoms with Crippen molar-refractivity contribution in [3.05, 3.63) is 62.3 Å². The molecule has 0 aliphatic rings. The van der Waals surface area contributed by atoms with Gasteiger partial charge in [-0.05, 0) is 74.7 Å². The number of rotatable bonds is 4. The van der Waals surface area contributed by atoms with Crippen molar-refractivity contribution in [3.8, 4) is 0 Å². The number of anilines is 1. The standard InChI is InChI=1S/C16H12Br2FNO3/c1-9-2-5-14(13(18)6-9)20-15(21)8-23-16(22)11-7-10(19)3-4-12(11)17/h2-7H,8H2,1H3,(H,20,21). The molecule has 7 heteroatoms. The number of carbonyl (C=O) groups excluding carboxylic acids is 2. The molecule has 0 aliphatic heterocycles. The van der Waals surface area contributed by atoms with Crippen LogP contribution in [0, 0.1) is 12.7 Å². The summed E-state index contributed by atoms with van der Waals surface area (Å²) in [5, 5.41) is 2.62. The van der Waals surface area contributed by atoms with Crippen LogP contribution in [0.5, 0.6) is 0 Å². The number of nitrogens with one attached hydrogen (secondary N) is 1. The zero-order chi connectivity index (χ0) is 17.0. The molecule has 0 heterocycles. The van der Waals surface area contributed by atoms with E-state index in [4.69, 9.17) is 4.74 Å². The average molecular weight is 445 g/mol. The first-order chi connectivity index (χ1) is 10.9. The molecule has 0 aliphatic carbocycles. The molecule has 120 valence electrons. The highest BCUT2D eigenvalue weighted by Gasteiger charge is 2.15. The van der Waals surface area contributed by atoms with E-state index >= 15 is 0 Å². The third-order valence-electron chi connectivity index (χ3n) is 2.88. The topological polar surface area (TPSA) is 55.4 Å². The molecule has 0 fully saturated rings. The molecule has 0 saturated carbocycles. The first-order valence-corrected chi connectivity index (χ1v) is 8.13. The quantitative estimate of drug-likeness (QED) is 0.708. The predicted octanol–water partition coefficient (Wildman–Crippen LogP) is 4.45. The molecule has 0 bridgehead atoms. The Labute approximate surface area is 149 Å². The van der Waals surface area contributed by atoms with Crippen LogP contribution in [-0.2, 0) is 9.53 Å². The van der Waals surface area contributed by atoms with Crippen LogP contribution in [0.15, 0.2) is 45.3 Å². The molecule has 0 saturated heterocycles. The number of esters is 1. The Morgan fingerprint density at radius 3 is 2.57 bits per heavy atom. The van der Waals surface area contributed by atoms with Gasteiger partial charge in [0, 0.05) is 8.95 Å². The maximum Gasteiger partial charge on any atom is 0.339 e. The summed E-state index contributed by atoms with van der Waals surface area (Å²) in [7, 11) is 0. The Hall–Kier alpha value is -1.73. The zero-order valence-corrected chi connectivity index (χ0v) is 15.2. The van der Waals surface area contributed by atoms with E-state index in [9.17, 15) is 14.0 Å². The summed E-state index contributed by atoms with van der Waals surface area (Å²) in [5.74, 6) is -1.84. The van der Waals surface area contributed by atoms with E-state index in [1.165, 1.54) is 12.1 Å². The monoisotopic (exact) mass is 443 g/mol. The van der Waals surface area contributed by atoms with Gasteiger partial charge in [0.05, 0.1) is 11.3 Å². The second kappa shape index (κ2) is 7.70. The third-order valence-corrected chi connectivity index (χ3v) is 4.23. The van der Waals surface area contributed by atoms with Crippen molar-refractivity contribution in [1.82, 2.24) is 0 Å². The van der Waals surface area contributed by atoms with Crippen LogP contribution in [-0.4, -0.2) is 18.5 Å². The molecule has 0 atom stereocenters. The smallest absolute Gasteiger partial charge is 0.339 e. The van der Waals surface area contributed by atoms with Crippen molar-refractivity contribution < 1.29 is 18.7 Å². The summed E-state index contributed by atoms with van der Waals surface area (Å²) in [5.41, 5.74) is 1.63. The molecule has 2 rings (SSSR count). The van der Waals surface area contributed by atoms with Crippen molar-refractivity contribution in [2.24, 2.45) is 0 Å². The summed E-state index contributed by atoms with van der Waals surface area (Å²) in [6, 6.07) is 9.09. The Morgan fingerprint density at radius 2 is 1.87 bits per heavy atom. The lowest BCUT2D eigenvalue weighted by Crippen LogP contribution is -2.21. The minimum absolute atomic E-state index is 0.0225. The first-order valence-electron chi connectivity index (χ1n) is 6.55. The fourth-order valence-electron chi connectivity index (χ4n) is 1.77. The minimum atomic E-state index is -0.783. The number of benzene rings is 2. The van der Waals surface area contributed by atoms with Crippen LogP contribution in [0.25, 0.3) is 0 Å². The molecule has 23 heavy (non-hydrogen) atoms. The van der Waals surface area contributed by atoms with Gasteiger partial charge in [-0.3, -0.25) is 4.79 Å². The molecule has 2 aromatic rings. The number of halogens is 3. The van der Waals surface area contributed by atoms with Crippen LogP contribution >= 0.6 is 31.9 Å². The Kier molecular flexibility index (Phi) is 5.90. The second-order valence-electron chi connectivity index (χ2n) is 4.73. The minimum Gasteiger partial charge on any atom is -0.452 e. The predicted molar refractivity (Wildman–Crippen MR) is 91.9 cm³/mol. The summed E-state index contributed by atoms with van der Waals surface area (Å²) >= 11 is 6.47. The highest BCUT2D eigenvalue weighted by atomic mass is 79.9. The molecular weight excluding hydrogens is 433 g/mol. The van der Waals surface area contributed by atoms with Crippen LogP contribution in [0.4, 0.5) is 10.1 Å². The summed E-state index contributed by atoms with van der Waals surface area (Å²) in [6.07, 6.45) is 0. The summed E-state index contributed by atoms with van der Waals surface area (Å²) in [4.78, 5) is 23.7. The Morgan fingerprint density at radius 1 is 1.13 bits per heavy atom. The van der Waals surface area contributed by atoms with Gasteiger partial charge in [-0.15, -0.1) is 0 Å². The van der Waals surface area contributed by atoms with Crippen molar-refractivity contribution in [2.75, 3.05) is 11.9 Å². The van der Waals surface area contributed by atoms with Gasteiger partial charge in [-0.25, -0.2) is 9.18 Å². The summed E-state index contributed by atoms with van der Waals surface area (Å²) < 4.78 is 19.2. The number of hydrogen-bond donors (Lipinski definition) is 1. The Bertz CT molecular complexity index is 765. The van der Waals surface area contributed by atoms with E-state index in [2.05, 4.69) is 37.2 Å². The molecule has 4 nitrogen and oxygen atoms in total. The number of amides is 1. The van der Waals surface area contributed by atoms with Gasteiger partial charge in [0.25, 0.3) is 5.91 Å². The lowest BCUT2D eigenvalue weighted by atomic mass is 10.2. The first kappa shape index (κ1) is 17.6. The molecular formula is C16H12Br2FNO3. The second-order valence-corrected chi connectivity index (χ2v) is 6.44. The van der Waals surface area contributed by atoms with E-state index in [0.29, 0.717) is 10.2 Å². The van der Waals surface area contributed by atoms with Crippen molar-refractivity contribution >= 4 is 49.4 Å². The fraction of sp³-hybridized carbons (Fsp3) is 0.125. The fourth-order valence-corrected chi connectivity index (χ4v) is 2.77. The normalized spacial score (nSPS) is 10.3. The van der Waals surface area contributed by atoms with Gasteiger partial charge in [0.15, 0.2) is 6.61 Å². The SMILES string of the molecule is Cc1ccc(NC(=O)COC(=O)c2cc(F)ccc2Br)c(Br)c1. The maximum absolute atomic E-state index is 13.2. The number of aryl methyl sites for hydroxylation is 1. The largest absolute Gasteiger partial charge is 0.452 e. The third kappa shape index (κ3) is 4.87.